The highest BCUT2D eigenvalue weighted by Gasteiger charge is 2.61. The van der Waals surface area contributed by atoms with Crippen LogP contribution in [-0.4, -0.2) is 44.2 Å². The van der Waals surface area contributed by atoms with Gasteiger partial charge in [0.15, 0.2) is 5.41 Å². The van der Waals surface area contributed by atoms with Crippen LogP contribution in [0.4, 0.5) is 13.2 Å². The molecule has 0 radical (unpaired) electrons. The van der Waals surface area contributed by atoms with Gasteiger partial charge in [0.1, 0.15) is 0 Å². The number of carbonyl (C=O) groups is 1. The zero-order valence-electron chi connectivity index (χ0n) is 8.11. The highest BCUT2D eigenvalue weighted by Crippen LogP contribution is 2.43. The van der Waals surface area contributed by atoms with Gasteiger partial charge in [-0.05, 0) is 13.0 Å². The Morgan fingerprint density at radius 2 is 2.00 bits per heavy atom. The van der Waals surface area contributed by atoms with E-state index >= 15 is 0 Å². The van der Waals surface area contributed by atoms with Crippen LogP contribution in [0.1, 0.15) is 6.42 Å². The number of amides is 1. The number of rotatable bonds is 1. The lowest BCUT2D eigenvalue weighted by molar-refractivity contribution is -0.220. The molecule has 1 heterocycles. The smallest absolute Gasteiger partial charge is 0.348 e. The second kappa shape index (κ2) is 3.42. The molecule has 1 rings (SSSR count). The lowest BCUT2D eigenvalue weighted by Gasteiger charge is -2.31. The molecule has 0 aromatic heterocycles. The molecule has 0 aromatic carbocycles. The first kappa shape index (κ1) is 11.3. The predicted molar refractivity (Wildman–Crippen MR) is 44.7 cm³/mol. The number of nitrogens with zero attached hydrogens (tertiary/aromatic N) is 1. The molecule has 1 atom stereocenters. The Balaban J connectivity index is 2.99. The van der Waals surface area contributed by atoms with Gasteiger partial charge in [-0.25, -0.2) is 0 Å². The molecule has 6 heteroatoms. The van der Waals surface area contributed by atoms with Crippen LogP contribution in [-0.2, 0) is 4.79 Å². The first-order chi connectivity index (χ1) is 6.31. The summed E-state index contributed by atoms with van der Waals surface area (Å²) in [4.78, 5) is 12.5. The van der Waals surface area contributed by atoms with Crippen molar-refractivity contribution in [3.63, 3.8) is 0 Å². The Hall–Kier alpha value is -0.780. The fourth-order valence-electron chi connectivity index (χ4n) is 1.67. The average Bonchev–Trinajstić information content (AvgIpc) is 2.50. The standard InChI is InChI=1S/C8H13F3N2O/c1-13(2)6(14)7(8(9,10)11)3-4-12-5-7/h12H,3-5H2,1-2H3. The number of nitrogens with one attached hydrogen (secondary N) is 1. The lowest BCUT2D eigenvalue weighted by Crippen LogP contribution is -2.51. The Bertz CT molecular complexity index is 231. The molecule has 0 aromatic rings. The Labute approximate surface area is 80.3 Å². The molecule has 82 valence electrons. The quantitative estimate of drug-likeness (QED) is 0.688. The second-order valence-corrected chi connectivity index (χ2v) is 3.71. The largest absolute Gasteiger partial charge is 0.404 e. The molecule has 1 amide bonds. The highest BCUT2D eigenvalue weighted by atomic mass is 19.4. The molecule has 0 spiro atoms. The maximum absolute atomic E-state index is 12.7. The van der Waals surface area contributed by atoms with E-state index in [0.717, 1.165) is 4.90 Å². The lowest BCUT2D eigenvalue weighted by atomic mass is 9.85. The monoisotopic (exact) mass is 210 g/mol. The van der Waals surface area contributed by atoms with Crippen molar-refractivity contribution in [2.75, 3.05) is 27.2 Å². The first-order valence-electron chi connectivity index (χ1n) is 4.30. The SMILES string of the molecule is CN(C)C(=O)C1(C(F)(F)F)CCNC1. The summed E-state index contributed by atoms with van der Waals surface area (Å²) in [5.41, 5.74) is -2.21. The Kier molecular flexibility index (Phi) is 2.76. The van der Waals surface area contributed by atoms with Crippen LogP contribution in [0.5, 0.6) is 0 Å². The first-order valence-corrected chi connectivity index (χ1v) is 4.30. The minimum atomic E-state index is -4.47. The van der Waals surface area contributed by atoms with E-state index in [2.05, 4.69) is 5.32 Å². The second-order valence-electron chi connectivity index (χ2n) is 3.71. The minimum Gasteiger partial charge on any atom is -0.348 e. The Morgan fingerprint density at radius 1 is 1.43 bits per heavy atom. The Morgan fingerprint density at radius 3 is 2.29 bits per heavy atom. The van der Waals surface area contributed by atoms with Gasteiger partial charge < -0.3 is 10.2 Å². The van der Waals surface area contributed by atoms with E-state index in [-0.39, 0.29) is 19.5 Å². The summed E-state index contributed by atoms with van der Waals surface area (Å²) in [5, 5.41) is 2.59. The summed E-state index contributed by atoms with van der Waals surface area (Å²) in [6.07, 6.45) is -4.65. The number of halogens is 3. The van der Waals surface area contributed by atoms with E-state index in [0.29, 0.717) is 0 Å². The number of carbonyl (C=O) groups excluding carboxylic acids is 1. The summed E-state index contributed by atoms with van der Waals surface area (Å²) < 4.78 is 38.2. The molecular weight excluding hydrogens is 197 g/mol. The molecule has 1 aliphatic heterocycles. The van der Waals surface area contributed by atoms with Crippen LogP contribution >= 0.6 is 0 Å². The van der Waals surface area contributed by atoms with Gasteiger partial charge in [0.05, 0.1) is 0 Å². The van der Waals surface area contributed by atoms with Crippen molar-refractivity contribution < 1.29 is 18.0 Å². The maximum Gasteiger partial charge on any atom is 0.404 e. The molecular formula is C8H13F3N2O. The predicted octanol–water partition coefficient (Wildman–Crippen LogP) is 0.617. The zero-order chi connectivity index (χ0) is 11.0. The average molecular weight is 210 g/mol. The summed E-state index contributed by atoms with van der Waals surface area (Å²) in [6.45, 7) is -0.0768. The van der Waals surface area contributed by atoms with Crippen molar-refractivity contribution in [1.82, 2.24) is 10.2 Å². The van der Waals surface area contributed by atoms with Crippen LogP contribution in [0.25, 0.3) is 0 Å². The molecule has 1 fully saturated rings. The van der Waals surface area contributed by atoms with Crippen molar-refractivity contribution >= 4 is 5.91 Å². The fourth-order valence-corrected chi connectivity index (χ4v) is 1.67. The van der Waals surface area contributed by atoms with Gasteiger partial charge in [-0.3, -0.25) is 4.79 Å². The van der Waals surface area contributed by atoms with Crippen molar-refractivity contribution in [2.24, 2.45) is 5.41 Å². The van der Waals surface area contributed by atoms with Gasteiger partial charge in [-0.2, -0.15) is 13.2 Å². The third-order valence-corrected chi connectivity index (χ3v) is 2.51. The van der Waals surface area contributed by atoms with Gasteiger partial charge in [0.2, 0.25) is 5.91 Å². The van der Waals surface area contributed by atoms with Crippen LogP contribution < -0.4 is 5.32 Å². The molecule has 1 unspecified atom stereocenters. The third kappa shape index (κ3) is 1.58. The van der Waals surface area contributed by atoms with E-state index in [1.165, 1.54) is 14.1 Å². The van der Waals surface area contributed by atoms with Crippen molar-refractivity contribution in [1.29, 1.82) is 0 Å². The minimum absolute atomic E-state index is 0.173. The maximum atomic E-state index is 12.7. The molecule has 14 heavy (non-hydrogen) atoms. The van der Waals surface area contributed by atoms with Gasteiger partial charge in [0, 0.05) is 20.6 Å². The van der Waals surface area contributed by atoms with E-state index < -0.39 is 17.5 Å². The van der Waals surface area contributed by atoms with E-state index in [1.807, 2.05) is 0 Å². The van der Waals surface area contributed by atoms with E-state index in [4.69, 9.17) is 0 Å². The van der Waals surface area contributed by atoms with Crippen LogP contribution in [0.15, 0.2) is 0 Å². The number of hydrogen-bond donors (Lipinski definition) is 1. The van der Waals surface area contributed by atoms with E-state index in [9.17, 15) is 18.0 Å². The summed E-state index contributed by atoms with van der Waals surface area (Å²) in [7, 11) is 2.68. The third-order valence-electron chi connectivity index (χ3n) is 2.51. The van der Waals surface area contributed by atoms with Gasteiger partial charge in [-0.15, -0.1) is 0 Å². The summed E-state index contributed by atoms with van der Waals surface area (Å²) in [6, 6.07) is 0. The van der Waals surface area contributed by atoms with Crippen molar-refractivity contribution in [2.45, 2.75) is 12.6 Å². The molecule has 1 aliphatic rings. The fraction of sp³-hybridized carbons (Fsp3) is 0.875. The highest BCUT2D eigenvalue weighted by molar-refractivity contribution is 5.83. The molecule has 0 bridgehead atoms. The normalized spacial score (nSPS) is 27.8. The molecule has 1 N–H and O–H groups in total. The molecule has 0 aliphatic carbocycles. The topological polar surface area (TPSA) is 32.3 Å². The molecule has 1 saturated heterocycles. The number of hydrogen-bond acceptors (Lipinski definition) is 2. The van der Waals surface area contributed by atoms with Crippen molar-refractivity contribution in [3.05, 3.63) is 0 Å². The molecule has 0 saturated carbocycles. The van der Waals surface area contributed by atoms with Gasteiger partial charge in [0.25, 0.3) is 0 Å². The van der Waals surface area contributed by atoms with Crippen LogP contribution in [0.2, 0.25) is 0 Å². The number of alkyl halides is 3. The summed E-state index contributed by atoms with van der Waals surface area (Å²) >= 11 is 0. The van der Waals surface area contributed by atoms with Crippen LogP contribution in [0.3, 0.4) is 0 Å². The zero-order valence-corrected chi connectivity index (χ0v) is 8.11. The van der Waals surface area contributed by atoms with Crippen LogP contribution in [0, 0.1) is 5.41 Å². The van der Waals surface area contributed by atoms with Gasteiger partial charge >= 0.3 is 6.18 Å². The van der Waals surface area contributed by atoms with Gasteiger partial charge in [-0.1, -0.05) is 0 Å². The van der Waals surface area contributed by atoms with Crippen molar-refractivity contribution in [3.8, 4) is 0 Å². The molecule has 3 nitrogen and oxygen atoms in total. The van der Waals surface area contributed by atoms with E-state index in [1.54, 1.807) is 0 Å². The summed E-state index contributed by atoms with van der Waals surface area (Å²) in [5.74, 6) is -0.866.